The third-order valence-electron chi connectivity index (χ3n) is 0.925. The van der Waals surface area contributed by atoms with E-state index in [0.29, 0.717) is 0 Å². The molecule has 0 N–H and O–H groups in total. The summed E-state index contributed by atoms with van der Waals surface area (Å²) in [7, 11) is 0. The maximum atomic E-state index is 5.04. The molecule has 9 heavy (non-hydrogen) atoms. The molecule has 48 valence electrons. The van der Waals surface area contributed by atoms with E-state index in [2.05, 4.69) is 24.7 Å². The van der Waals surface area contributed by atoms with Crippen LogP contribution in [0.5, 0.6) is 0 Å². The van der Waals surface area contributed by atoms with Gasteiger partial charge in [-0.15, -0.1) is 18.9 Å². The molecule has 0 unspecified atom stereocenters. The lowest BCUT2D eigenvalue weighted by molar-refractivity contribution is 1.08. The lowest BCUT2D eigenvalue weighted by Gasteiger charge is -1.81. The molecule has 0 saturated carbocycles. The van der Waals surface area contributed by atoms with Crippen molar-refractivity contribution in [1.29, 1.82) is 0 Å². The Morgan fingerprint density at radius 2 is 2.22 bits per heavy atom. The molecule has 0 saturated heterocycles. The second-order valence-corrected chi connectivity index (χ2v) is 1.74. The number of unbranched alkanes of at least 4 members (excludes halogenated alkanes) is 1. The summed E-state index contributed by atoms with van der Waals surface area (Å²) in [5, 5.41) is 0. The zero-order valence-corrected chi connectivity index (χ0v) is 5.64. The van der Waals surface area contributed by atoms with Gasteiger partial charge >= 0.3 is 0 Å². The highest BCUT2D eigenvalue weighted by molar-refractivity contribution is 4.92. The molecule has 0 fully saturated rings. The minimum atomic E-state index is 0.841. The van der Waals surface area contributed by atoms with Crippen LogP contribution in [-0.2, 0) is 0 Å². The summed E-state index contributed by atoms with van der Waals surface area (Å²) in [4.78, 5) is 0. The smallest absolute Gasteiger partial charge is 0.0121 e. The van der Waals surface area contributed by atoms with E-state index in [1.54, 1.807) is 0 Å². The molecule has 0 atom stereocenters. The fourth-order valence-corrected chi connectivity index (χ4v) is 0.477. The van der Waals surface area contributed by atoms with Crippen LogP contribution in [0, 0.1) is 12.3 Å². The van der Waals surface area contributed by atoms with Gasteiger partial charge in [0.25, 0.3) is 0 Å². The van der Waals surface area contributed by atoms with Crippen molar-refractivity contribution in [2.24, 2.45) is 0 Å². The summed E-state index contributed by atoms with van der Waals surface area (Å²) in [6, 6.07) is 0. The van der Waals surface area contributed by atoms with Gasteiger partial charge < -0.3 is 0 Å². The molecule has 0 bridgehead atoms. The molecule has 0 aliphatic carbocycles. The molecule has 0 radical (unpaired) electrons. The predicted octanol–water partition coefficient (Wildman–Crippen LogP) is 2.53. The molecule has 0 aromatic rings. The van der Waals surface area contributed by atoms with Crippen LogP contribution in [0.2, 0.25) is 0 Å². The van der Waals surface area contributed by atoms with Crippen molar-refractivity contribution in [3.05, 3.63) is 24.8 Å². The van der Waals surface area contributed by atoms with Crippen molar-refractivity contribution in [3.63, 3.8) is 0 Å². The average molecular weight is 120 g/mol. The van der Waals surface area contributed by atoms with Crippen molar-refractivity contribution >= 4 is 0 Å². The molecular weight excluding hydrogens is 108 g/mol. The van der Waals surface area contributed by atoms with Crippen LogP contribution in [0.1, 0.15) is 19.3 Å². The van der Waals surface area contributed by atoms with E-state index in [1.807, 2.05) is 6.08 Å². The van der Waals surface area contributed by atoms with Gasteiger partial charge in [-0.05, 0) is 12.8 Å². The molecule has 0 aliphatic heterocycles. The lowest BCUT2D eigenvalue weighted by Crippen LogP contribution is -1.62. The van der Waals surface area contributed by atoms with E-state index in [1.165, 1.54) is 0 Å². The van der Waals surface area contributed by atoms with Gasteiger partial charge in [0.05, 0.1) is 0 Å². The largest absolute Gasteiger partial charge is 0.120 e. The van der Waals surface area contributed by atoms with E-state index in [-0.39, 0.29) is 0 Å². The molecule has 0 heteroatoms. The predicted molar refractivity (Wildman–Crippen MR) is 42.0 cm³/mol. The maximum Gasteiger partial charge on any atom is 0.0121 e. The Labute approximate surface area is 57.3 Å². The Bertz CT molecular complexity index is 123. The lowest BCUT2D eigenvalue weighted by atomic mass is 10.3. The van der Waals surface area contributed by atoms with E-state index >= 15 is 0 Å². The standard InChI is InChI=1S/C9H12/c1-3-5-7-9-8-6-4-2/h1,4,8-9H,2,5-7H2. The third-order valence-corrected chi connectivity index (χ3v) is 0.925. The molecule has 0 aliphatic rings. The molecule has 0 heterocycles. The summed E-state index contributed by atoms with van der Waals surface area (Å²) < 4.78 is 0. The van der Waals surface area contributed by atoms with Gasteiger partial charge in [0.1, 0.15) is 0 Å². The van der Waals surface area contributed by atoms with Crippen LogP contribution in [0.15, 0.2) is 24.8 Å². The third kappa shape index (κ3) is 7.04. The topological polar surface area (TPSA) is 0 Å². The first kappa shape index (κ1) is 8.04. The highest BCUT2D eigenvalue weighted by atomic mass is 13.8. The van der Waals surface area contributed by atoms with Crippen LogP contribution >= 0.6 is 0 Å². The second-order valence-electron chi connectivity index (χ2n) is 1.74. The number of rotatable bonds is 4. The summed E-state index contributed by atoms with van der Waals surface area (Å²) >= 11 is 0. The fourth-order valence-electron chi connectivity index (χ4n) is 0.477. The van der Waals surface area contributed by atoms with Crippen molar-refractivity contribution in [2.75, 3.05) is 0 Å². The SMILES string of the molecule is C#CCCC=CCC=C. The molecule has 0 spiro atoms. The quantitative estimate of drug-likeness (QED) is 0.304. The highest BCUT2D eigenvalue weighted by Crippen LogP contribution is 1.90. The van der Waals surface area contributed by atoms with Crippen molar-refractivity contribution in [3.8, 4) is 12.3 Å². The van der Waals surface area contributed by atoms with Crippen molar-refractivity contribution < 1.29 is 0 Å². The molecule has 0 rings (SSSR count). The molecule has 0 aromatic heterocycles. The Morgan fingerprint density at radius 3 is 2.78 bits per heavy atom. The number of terminal acetylenes is 1. The summed E-state index contributed by atoms with van der Waals surface area (Å²) in [5.74, 6) is 2.57. The highest BCUT2D eigenvalue weighted by Gasteiger charge is 1.72. The molecule has 0 amide bonds. The van der Waals surface area contributed by atoms with Crippen LogP contribution in [-0.4, -0.2) is 0 Å². The Morgan fingerprint density at radius 1 is 1.44 bits per heavy atom. The molecular formula is C9H12. The van der Waals surface area contributed by atoms with Crippen LogP contribution in [0.3, 0.4) is 0 Å². The van der Waals surface area contributed by atoms with E-state index in [9.17, 15) is 0 Å². The normalized spacial score (nSPS) is 9.22. The Balaban J connectivity index is 3.06. The van der Waals surface area contributed by atoms with Gasteiger partial charge in [0, 0.05) is 6.42 Å². The molecule has 0 nitrogen and oxygen atoms in total. The van der Waals surface area contributed by atoms with Gasteiger partial charge in [-0.1, -0.05) is 18.2 Å². The van der Waals surface area contributed by atoms with E-state index < -0.39 is 0 Å². The first-order chi connectivity index (χ1) is 4.41. The summed E-state index contributed by atoms with van der Waals surface area (Å²) in [6.45, 7) is 3.59. The van der Waals surface area contributed by atoms with Crippen molar-refractivity contribution in [1.82, 2.24) is 0 Å². The zero-order valence-electron chi connectivity index (χ0n) is 5.64. The van der Waals surface area contributed by atoms with Crippen LogP contribution in [0.25, 0.3) is 0 Å². The van der Waals surface area contributed by atoms with E-state index in [4.69, 9.17) is 6.42 Å². The Kier molecular flexibility index (Phi) is 6.29. The van der Waals surface area contributed by atoms with Gasteiger partial charge in [-0.2, -0.15) is 0 Å². The summed E-state index contributed by atoms with van der Waals surface area (Å²) in [5.41, 5.74) is 0. The second kappa shape index (κ2) is 7.04. The summed E-state index contributed by atoms with van der Waals surface area (Å²) in [6.07, 6.45) is 13.8. The first-order valence-corrected chi connectivity index (χ1v) is 3.11. The number of hydrogen-bond acceptors (Lipinski definition) is 0. The van der Waals surface area contributed by atoms with Crippen LogP contribution < -0.4 is 0 Å². The van der Waals surface area contributed by atoms with E-state index in [0.717, 1.165) is 19.3 Å². The fraction of sp³-hybridized carbons (Fsp3) is 0.333. The van der Waals surface area contributed by atoms with Gasteiger partial charge in [0.2, 0.25) is 0 Å². The minimum Gasteiger partial charge on any atom is -0.120 e. The maximum absolute atomic E-state index is 5.04. The molecule has 0 aromatic carbocycles. The van der Waals surface area contributed by atoms with Crippen LogP contribution in [0.4, 0.5) is 0 Å². The van der Waals surface area contributed by atoms with Gasteiger partial charge in [-0.3, -0.25) is 0 Å². The average Bonchev–Trinajstić information content (AvgIpc) is 1.89. The zero-order chi connectivity index (χ0) is 6.95. The number of allylic oxidation sites excluding steroid dienone is 3. The Hall–Kier alpha value is -0.960. The van der Waals surface area contributed by atoms with Gasteiger partial charge in [0.15, 0.2) is 0 Å². The van der Waals surface area contributed by atoms with Crippen molar-refractivity contribution in [2.45, 2.75) is 19.3 Å². The van der Waals surface area contributed by atoms with Gasteiger partial charge in [-0.25, -0.2) is 0 Å². The first-order valence-electron chi connectivity index (χ1n) is 3.11. The monoisotopic (exact) mass is 120 g/mol. The minimum absolute atomic E-state index is 0.841. The number of hydrogen-bond donors (Lipinski definition) is 0.